The molecule has 1 aromatic carbocycles. The molecule has 2 aromatic rings. The van der Waals surface area contributed by atoms with Gasteiger partial charge in [0.25, 0.3) is 11.8 Å². The number of guanidine groups is 2. The highest BCUT2D eigenvalue weighted by molar-refractivity contribution is 5.98. The predicted octanol–water partition coefficient (Wildman–Crippen LogP) is -0.156. The molecule has 228 valence electrons. The van der Waals surface area contributed by atoms with E-state index < -0.39 is 41.7 Å². The first-order chi connectivity index (χ1) is 20.5. The van der Waals surface area contributed by atoms with Gasteiger partial charge in [0, 0.05) is 18.7 Å². The summed E-state index contributed by atoms with van der Waals surface area (Å²) in [6, 6.07) is 6.76. The van der Waals surface area contributed by atoms with E-state index in [0.29, 0.717) is 30.3 Å². The fourth-order valence-corrected chi connectivity index (χ4v) is 6.55. The Morgan fingerprint density at radius 3 is 2.77 bits per heavy atom. The smallest absolute Gasteiger partial charge is 0.269 e. The van der Waals surface area contributed by atoms with Crippen molar-refractivity contribution in [2.75, 3.05) is 26.3 Å². The minimum absolute atomic E-state index is 0.00309. The molecule has 0 radical (unpaired) electrons. The second-order valence-corrected chi connectivity index (χ2v) is 11.9. The van der Waals surface area contributed by atoms with E-state index in [2.05, 4.69) is 45.4 Å². The summed E-state index contributed by atoms with van der Waals surface area (Å²) in [5.74, 6) is 0.267. The van der Waals surface area contributed by atoms with Crippen LogP contribution in [0.3, 0.4) is 0 Å². The fraction of sp³-hybridized carbons (Fsp3) is 0.483. The summed E-state index contributed by atoms with van der Waals surface area (Å²) in [5.41, 5.74) is 0.102. The first kappa shape index (κ1) is 28.5. The summed E-state index contributed by atoms with van der Waals surface area (Å²) in [6.45, 7) is 7.28. The molecule has 2 unspecified atom stereocenters. The predicted molar refractivity (Wildman–Crippen MR) is 156 cm³/mol. The zero-order valence-electron chi connectivity index (χ0n) is 24.3. The summed E-state index contributed by atoms with van der Waals surface area (Å²) in [5, 5.41) is 43.8. The summed E-state index contributed by atoms with van der Waals surface area (Å²) in [6.07, 6.45) is 1.11. The number of carbonyl (C=O) groups is 2. The van der Waals surface area contributed by atoms with Gasteiger partial charge in [0.1, 0.15) is 23.3 Å². The molecule has 43 heavy (non-hydrogen) atoms. The Kier molecular flexibility index (Phi) is 7.03. The van der Waals surface area contributed by atoms with Gasteiger partial charge in [-0.2, -0.15) is 0 Å². The topological polar surface area (TPSA) is 197 Å². The van der Waals surface area contributed by atoms with E-state index in [0.717, 1.165) is 12.0 Å². The lowest BCUT2D eigenvalue weighted by Crippen LogP contribution is -2.78. The zero-order valence-corrected chi connectivity index (χ0v) is 24.3. The van der Waals surface area contributed by atoms with E-state index in [4.69, 9.17) is 20.3 Å². The van der Waals surface area contributed by atoms with E-state index in [-0.39, 0.29) is 36.1 Å². The van der Waals surface area contributed by atoms with Gasteiger partial charge in [-0.1, -0.05) is 26.0 Å². The second-order valence-electron chi connectivity index (χ2n) is 11.9. The summed E-state index contributed by atoms with van der Waals surface area (Å²) in [4.78, 5) is 32.2. The molecule has 4 aliphatic heterocycles. The number of pyridine rings is 1. The minimum atomic E-state index is -1.31. The van der Waals surface area contributed by atoms with Crippen LogP contribution in [0, 0.1) is 10.8 Å². The van der Waals surface area contributed by atoms with Crippen LogP contribution in [0.4, 0.5) is 0 Å². The van der Waals surface area contributed by atoms with Crippen LogP contribution in [0.2, 0.25) is 0 Å². The van der Waals surface area contributed by atoms with Gasteiger partial charge >= 0.3 is 0 Å². The Bertz CT molecular complexity index is 1460. The molecule has 5 atom stereocenters. The number of ether oxygens (including phenoxy) is 2. The molecule has 1 spiro atoms. The highest BCUT2D eigenvalue weighted by Crippen LogP contribution is 2.41. The van der Waals surface area contributed by atoms with Crippen LogP contribution in [-0.4, -0.2) is 94.9 Å². The highest BCUT2D eigenvalue weighted by atomic mass is 16.5. The largest absolute Gasteiger partial charge is 0.492 e. The Hall–Kier alpha value is -4.59. The first-order valence-corrected chi connectivity index (χ1v) is 14.4. The van der Waals surface area contributed by atoms with Gasteiger partial charge in [-0.15, -0.1) is 0 Å². The molecule has 1 aromatic heterocycles. The van der Waals surface area contributed by atoms with Crippen molar-refractivity contribution in [1.82, 2.24) is 36.5 Å². The molecule has 0 bridgehead atoms. The number of carbonyl (C=O) groups excluding carboxylic acids is 2. The number of aromatic nitrogens is 1. The molecule has 14 heteroatoms. The van der Waals surface area contributed by atoms with Crippen molar-refractivity contribution >= 4 is 23.7 Å². The average molecular weight is 592 g/mol. The van der Waals surface area contributed by atoms with Gasteiger partial charge in [-0.05, 0) is 37.0 Å². The molecule has 4 aliphatic rings. The van der Waals surface area contributed by atoms with E-state index >= 15 is 0 Å². The number of aliphatic hydroxyl groups is 1. The number of fused-ring (bicyclic) bond motifs is 1. The lowest BCUT2D eigenvalue weighted by molar-refractivity contribution is 0.00611. The Morgan fingerprint density at radius 1 is 1.21 bits per heavy atom. The Labute approximate surface area is 248 Å². The van der Waals surface area contributed by atoms with Gasteiger partial charge in [-0.3, -0.25) is 20.4 Å². The van der Waals surface area contributed by atoms with Crippen molar-refractivity contribution in [2.45, 2.75) is 62.5 Å². The van der Waals surface area contributed by atoms with Crippen LogP contribution >= 0.6 is 0 Å². The molecule has 0 saturated carbocycles. The maximum absolute atomic E-state index is 13.6. The van der Waals surface area contributed by atoms with E-state index in [9.17, 15) is 14.7 Å². The van der Waals surface area contributed by atoms with Crippen molar-refractivity contribution in [2.24, 2.45) is 0 Å². The zero-order chi connectivity index (χ0) is 30.5. The summed E-state index contributed by atoms with van der Waals surface area (Å²) < 4.78 is 11.3. The molecular weight excluding hydrogens is 554 g/mol. The van der Waals surface area contributed by atoms with Gasteiger partial charge in [0.2, 0.25) is 0 Å². The quantitative estimate of drug-likeness (QED) is 0.214. The molecule has 2 amide bonds. The number of para-hydroxylation sites is 1. The Morgan fingerprint density at radius 2 is 2.02 bits per heavy atom. The van der Waals surface area contributed by atoms with Gasteiger partial charge in [0.05, 0.1) is 43.1 Å². The lowest BCUT2D eigenvalue weighted by Gasteiger charge is -2.49. The maximum atomic E-state index is 13.6. The van der Waals surface area contributed by atoms with Crippen molar-refractivity contribution < 1.29 is 24.2 Å². The van der Waals surface area contributed by atoms with Crippen molar-refractivity contribution in [3.05, 3.63) is 53.3 Å². The second kappa shape index (κ2) is 10.6. The molecular formula is C29H37N9O5. The van der Waals surface area contributed by atoms with Gasteiger partial charge < -0.3 is 46.1 Å². The van der Waals surface area contributed by atoms with Gasteiger partial charge in [0.15, 0.2) is 17.6 Å². The molecule has 14 nitrogen and oxygen atoms in total. The van der Waals surface area contributed by atoms with Crippen LogP contribution < -0.4 is 36.1 Å². The standard InChI is InChI=1S/C29H37N9O5/c1-4-42-15-8-9-18(32-12-15)25(41)33-13-19-22-29(37-26(30)36-22)23(39)20(14-38(29)27(31)35-19)34-24(40)16-6-5-7-17-21(16)43-11-10-28(17,2)3/h5-9,12,19-20,22-23,39H,4,10-11,13-14H2,1-3H3,(H2,31,35)(H,33,41)(H,34,40)(H3,30,36,37)/t19-,20?,22-,23+,29?/m0/s1. The third-order valence-corrected chi connectivity index (χ3v) is 8.79. The summed E-state index contributed by atoms with van der Waals surface area (Å²) in [7, 11) is 0. The van der Waals surface area contributed by atoms with Crippen LogP contribution in [0.1, 0.15) is 53.6 Å². The Balaban J connectivity index is 1.19. The normalized spacial score (nSPS) is 28.2. The first-order valence-electron chi connectivity index (χ1n) is 14.4. The molecule has 6 rings (SSSR count). The number of benzene rings is 1. The summed E-state index contributed by atoms with van der Waals surface area (Å²) >= 11 is 0. The third-order valence-electron chi connectivity index (χ3n) is 8.79. The van der Waals surface area contributed by atoms with Gasteiger partial charge in [-0.25, -0.2) is 4.98 Å². The minimum Gasteiger partial charge on any atom is -0.492 e. The number of aliphatic hydroxyl groups excluding tert-OH is 1. The maximum Gasteiger partial charge on any atom is 0.269 e. The monoisotopic (exact) mass is 591 g/mol. The molecule has 3 fully saturated rings. The molecule has 8 N–H and O–H groups in total. The van der Waals surface area contributed by atoms with Crippen molar-refractivity contribution in [3.63, 3.8) is 0 Å². The van der Waals surface area contributed by atoms with E-state index in [1.807, 2.05) is 19.1 Å². The van der Waals surface area contributed by atoms with Crippen molar-refractivity contribution in [3.8, 4) is 11.5 Å². The highest BCUT2D eigenvalue weighted by Gasteiger charge is 2.66. The number of rotatable bonds is 7. The number of nitrogens with one attached hydrogen (secondary N) is 7. The average Bonchev–Trinajstić information content (AvgIpc) is 3.47. The number of hydrogen-bond acceptors (Lipinski definition) is 8. The number of nitrogens with zero attached hydrogens (tertiary/aromatic N) is 2. The third kappa shape index (κ3) is 4.75. The number of hydrogen-bond donors (Lipinski definition) is 8. The van der Waals surface area contributed by atoms with Crippen LogP contribution in [0.15, 0.2) is 36.5 Å². The van der Waals surface area contributed by atoms with Crippen LogP contribution in [-0.2, 0) is 5.41 Å². The lowest BCUT2D eigenvalue weighted by atomic mass is 9.79. The molecule has 5 heterocycles. The SMILES string of the molecule is CCOc1ccc(C(=O)NC[C@@H]2NC(=N)N3CC(NC(=O)c4cccc5c4OCCC5(C)C)[C@@H](O)C34NC(=N)N[C@@H]24)nc1. The number of amides is 2. The van der Waals surface area contributed by atoms with Crippen LogP contribution in [0.5, 0.6) is 11.5 Å². The molecule has 0 aliphatic carbocycles. The van der Waals surface area contributed by atoms with E-state index in [1.54, 1.807) is 23.1 Å². The van der Waals surface area contributed by atoms with E-state index in [1.165, 1.54) is 6.20 Å². The van der Waals surface area contributed by atoms with Crippen LogP contribution in [0.25, 0.3) is 0 Å². The molecule has 3 saturated heterocycles. The fourth-order valence-electron chi connectivity index (χ4n) is 6.55. The van der Waals surface area contributed by atoms with Crippen molar-refractivity contribution in [1.29, 1.82) is 10.8 Å².